The number of H-pyrrole nitrogens is 1. The number of aromatic amines is 1. The van der Waals surface area contributed by atoms with Crippen molar-refractivity contribution in [3.8, 4) is 26.9 Å². The van der Waals surface area contributed by atoms with Crippen molar-refractivity contribution >= 4 is 56.1 Å². The molecular formula is C20H18N4O4S4. The summed E-state index contributed by atoms with van der Waals surface area (Å²) >= 11 is 4.46. The molecule has 4 aromatic rings. The maximum absolute atomic E-state index is 12.5. The molecule has 3 aromatic heterocycles. The Morgan fingerprint density at radius 3 is 2.53 bits per heavy atom. The molecule has 12 heteroatoms. The van der Waals surface area contributed by atoms with Gasteiger partial charge >= 0.3 is 0 Å². The standard InChI is InChI=1S/C20H18N4O4S4/c1-28-13-7-6-12(10-16(13)32(21,26)27)22-17(25)11-31-20-23-18(14-4-2-8-29-14)19(24-20)15-5-3-9-30-15/h2-10H,11H2,1H3,(H,22,25)(H,23,24)(H2,21,26,27). The lowest BCUT2D eigenvalue weighted by Gasteiger charge is -2.10. The van der Waals surface area contributed by atoms with Crippen LogP contribution in [-0.4, -0.2) is 37.2 Å². The fourth-order valence-corrected chi connectivity index (χ4v) is 5.76. The van der Waals surface area contributed by atoms with E-state index in [1.54, 1.807) is 28.7 Å². The highest BCUT2D eigenvalue weighted by Crippen LogP contribution is 2.36. The van der Waals surface area contributed by atoms with Crippen LogP contribution >= 0.6 is 34.4 Å². The van der Waals surface area contributed by atoms with Crippen LogP contribution in [0.1, 0.15) is 0 Å². The molecule has 0 aliphatic heterocycles. The van der Waals surface area contributed by atoms with Crippen LogP contribution in [0, 0.1) is 0 Å². The van der Waals surface area contributed by atoms with E-state index < -0.39 is 10.0 Å². The molecule has 0 radical (unpaired) electrons. The van der Waals surface area contributed by atoms with Crippen LogP contribution in [0.2, 0.25) is 0 Å². The molecule has 4 N–H and O–H groups in total. The molecule has 0 aliphatic rings. The maximum atomic E-state index is 12.5. The highest BCUT2D eigenvalue weighted by molar-refractivity contribution is 7.99. The molecule has 1 amide bonds. The van der Waals surface area contributed by atoms with Crippen molar-refractivity contribution in [1.29, 1.82) is 0 Å². The third-order valence-electron chi connectivity index (χ3n) is 4.30. The summed E-state index contributed by atoms with van der Waals surface area (Å²) in [6, 6.07) is 12.2. The van der Waals surface area contributed by atoms with Crippen LogP contribution in [0.5, 0.6) is 5.75 Å². The number of methoxy groups -OCH3 is 1. The zero-order chi connectivity index (χ0) is 22.7. The first-order valence-corrected chi connectivity index (χ1v) is 13.5. The predicted octanol–water partition coefficient (Wildman–Crippen LogP) is 4.25. The van der Waals surface area contributed by atoms with E-state index in [0.29, 0.717) is 10.8 Å². The lowest BCUT2D eigenvalue weighted by Crippen LogP contribution is -2.17. The summed E-state index contributed by atoms with van der Waals surface area (Å²) in [5.74, 6) is -0.122. The molecule has 0 aliphatic carbocycles. The number of benzene rings is 1. The number of primary sulfonamides is 1. The lowest BCUT2D eigenvalue weighted by atomic mass is 10.2. The van der Waals surface area contributed by atoms with Gasteiger partial charge in [0.15, 0.2) is 5.16 Å². The number of sulfonamides is 1. The third kappa shape index (κ3) is 5.05. The summed E-state index contributed by atoms with van der Waals surface area (Å²) < 4.78 is 28.5. The van der Waals surface area contributed by atoms with Gasteiger partial charge in [0, 0.05) is 5.69 Å². The second-order valence-corrected chi connectivity index (χ2v) is 10.9. The molecule has 3 heterocycles. The number of carbonyl (C=O) groups is 1. The number of aromatic nitrogens is 2. The maximum Gasteiger partial charge on any atom is 0.241 e. The van der Waals surface area contributed by atoms with Gasteiger partial charge in [-0.1, -0.05) is 23.9 Å². The zero-order valence-corrected chi connectivity index (χ0v) is 20.0. The quantitative estimate of drug-likeness (QED) is 0.307. The number of carbonyl (C=O) groups excluding carboxylic acids is 1. The molecule has 0 saturated heterocycles. The fraction of sp³-hybridized carbons (Fsp3) is 0.100. The van der Waals surface area contributed by atoms with Gasteiger partial charge in [0.05, 0.1) is 28.3 Å². The normalized spacial score (nSPS) is 11.4. The van der Waals surface area contributed by atoms with Crippen LogP contribution in [-0.2, 0) is 14.8 Å². The van der Waals surface area contributed by atoms with Gasteiger partial charge in [-0.3, -0.25) is 4.79 Å². The van der Waals surface area contributed by atoms with Crippen molar-refractivity contribution in [3.63, 3.8) is 0 Å². The zero-order valence-electron chi connectivity index (χ0n) is 16.7. The van der Waals surface area contributed by atoms with Crippen molar-refractivity contribution in [2.75, 3.05) is 18.2 Å². The van der Waals surface area contributed by atoms with E-state index in [1.807, 2.05) is 35.0 Å². The smallest absolute Gasteiger partial charge is 0.241 e. The number of hydrogen-bond acceptors (Lipinski definition) is 8. The van der Waals surface area contributed by atoms with Crippen LogP contribution in [0.25, 0.3) is 21.1 Å². The number of nitrogens with two attached hydrogens (primary N) is 1. The van der Waals surface area contributed by atoms with Gasteiger partial charge in [0.25, 0.3) is 0 Å². The number of rotatable bonds is 8. The number of anilines is 1. The monoisotopic (exact) mass is 506 g/mol. The van der Waals surface area contributed by atoms with Crippen molar-refractivity contribution in [3.05, 3.63) is 53.2 Å². The number of ether oxygens (including phenoxy) is 1. The molecule has 1 aromatic carbocycles. The average Bonchev–Trinajstić information content (AvgIpc) is 3.52. The number of amides is 1. The van der Waals surface area contributed by atoms with Crippen LogP contribution in [0.4, 0.5) is 5.69 Å². The molecule has 0 spiro atoms. The molecule has 0 bridgehead atoms. The Balaban J connectivity index is 1.49. The molecule has 8 nitrogen and oxygen atoms in total. The Labute approximate surface area is 196 Å². The van der Waals surface area contributed by atoms with Gasteiger partial charge in [-0.05, 0) is 41.1 Å². The molecule has 0 atom stereocenters. The average molecular weight is 507 g/mol. The summed E-state index contributed by atoms with van der Waals surface area (Å²) in [5.41, 5.74) is 2.06. The molecule has 32 heavy (non-hydrogen) atoms. The number of hydrogen-bond donors (Lipinski definition) is 3. The van der Waals surface area contributed by atoms with E-state index in [0.717, 1.165) is 21.1 Å². The topological polar surface area (TPSA) is 127 Å². The molecule has 4 rings (SSSR count). The van der Waals surface area contributed by atoms with Gasteiger partial charge in [-0.25, -0.2) is 18.5 Å². The van der Waals surface area contributed by atoms with E-state index in [1.165, 1.54) is 31.0 Å². The minimum atomic E-state index is -4.00. The van der Waals surface area contributed by atoms with E-state index in [4.69, 9.17) is 9.88 Å². The lowest BCUT2D eigenvalue weighted by molar-refractivity contribution is -0.113. The van der Waals surface area contributed by atoms with Crippen molar-refractivity contribution in [1.82, 2.24) is 9.97 Å². The van der Waals surface area contributed by atoms with Crippen molar-refractivity contribution in [2.24, 2.45) is 5.14 Å². The van der Waals surface area contributed by atoms with E-state index >= 15 is 0 Å². The number of nitrogens with one attached hydrogen (secondary N) is 2. The minimum absolute atomic E-state index is 0.0814. The van der Waals surface area contributed by atoms with Crippen LogP contribution < -0.4 is 15.2 Å². The van der Waals surface area contributed by atoms with Gasteiger partial charge in [0.1, 0.15) is 16.3 Å². The molecule has 166 valence electrons. The Morgan fingerprint density at radius 2 is 1.91 bits per heavy atom. The first-order chi connectivity index (χ1) is 15.3. The molecular weight excluding hydrogens is 489 g/mol. The number of nitrogens with zero attached hydrogens (tertiary/aromatic N) is 1. The SMILES string of the molecule is COc1ccc(NC(=O)CSc2nc(-c3cccs3)c(-c3cccs3)[nH]2)cc1S(N)(=O)=O. The van der Waals surface area contributed by atoms with E-state index in [2.05, 4.69) is 15.3 Å². The predicted molar refractivity (Wildman–Crippen MR) is 129 cm³/mol. The first-order valence-electron chi connectivity index (χ1n) is 9.16. The Bertz CT molecular complexity index is 1280. The Kier molecular flexibility index (Phi) is 6.67. The van der Waals surface area contributed by atoms with Crippen LogP contribution in [0.3, 0.4) is 0 Å². The summed E-state index contributed by atoms with van der Waals surface area (Å²) in [7, 11) is -2.65. The Hall–Kier alpha value is -2.64. The second-order valence-electron chi connectivity index (χ2n) is 6.47. The number of thioether (sulfide) groups is 1. The highest BCUT2D eigenvalue weighted by atomic mass is 32.2. The minimum Gasteiger partial charge on any atom is -0.495 e. The second kappa shape index (κ2) is 9.46. The van der Waals surface area contributed by atoms with Crippen LogP contribution in [0.15, 0.2) is 63.3 Å². The number of imidazole rings is 1. The molecule has 0 unspecified atom stereocenters. The fourth-order valence-electron chi connectivity index (χ4n) is 2.92. The summed E-state index contributed by atoms with van der Waals surface area (Å²) in [5, 5.41) is 12.5. The van der Waals surface area contributed by atoms with Crippen molar-refractivity contribution in [2.45, 2.75) is 10.1 Å². The largest absolute Gasteiger partial charge is 0.495 e. The summed E-state index contributed by atoms with van der Waals surface area (Å²) in [6.45, 7) is 0. The van der Waals surface area contributed by atoms with Gasteiger partial charge in [0.2, 0.25) is 15.9 Å². The third-order valence-corrected chi connectivity index (χ3v) is 7.87. The summed E-state index contributed by atoms with van der Waals surface area (Å²) in [4.78, 5) is 22.4. The van der Waals surface area contributed by atoms with E-state index in [9.17, 15) is 13.2 Å². The van der Waals surface area contributed by atoms with Crippen molar-refractivity contribution < 1.29 is 17.9 Å². The highest BCUT2D eigenvalue weighted by Gasteiger charge is 2.18. The van der Waals surface area contributed by atoms with Gasteiger partial charge < -0.3 is 15.0 Å². The number of thiophene rings is 2. The Morgan fingerprint density at radius 1 is 1.19 bits per heavy atom. The van der Waals surface area contributed by atoms with E-state index in [-0.39, 0.29) is 22.3 Å². The van der Waals surface area contributed by atoms with Gasteiger partial charge in [-0.15, -0.1) is 22.7 Å². The molecule has 0 fully saturated rings. The molecule has 0 saturated carbocycles. The summed E-state index contributed by atoms with van der Waals surface area (Å²) in [6.07, 6.45) is 0. The first kappa shape index (κ1) is 22.6. The van der Waals surface area contributed by atoms with Gasteiger partial charge in [-0.2, -0.15) is 0 Å².